The number of benzene rings is 3. The van der Waals surface area contributed by atoms with E-state index in [1.807, 2.05) is 81.4 Å². The molecule has 0 radical (unpaired) electrons. The highest BCUT2D eigenvalue weighted by Gasteiger charge is 2.41. The van der Waals surface area contributed by atoms with Gasteiger partial charge in [0, 0.05) is 28.2 Å². The molecule has 0 amide bonds. The summed E-state index contributed by atoms with van der Waals surface area (Å²) in [6.07, 6.45) is 2.04. The SMILES string of the molecule is CC(C)(C)N.CC(C)Cc1ccc(-c2nc(-c3ccc(CN4CCC(COCc5ccccc5)(C(=O)O)CC4)cc3)no2)cc1Cl. The van der Waals surface area contributed by atoms with Crippen LogP contribution in [0.2, 0.25) is 5.02 Å². The highest BCUT2D eigenvalue weighted by atomic mass is 35.5. The molecule has 1 aliphatic rings. The van der Waals surface area contributed by atoms with Crippen LogP contribution < -0.4 is 5.73 Å². The van der Waals surface area contributed by atoms with Crippen LogP contribution in [0.4, 0.5) is 0 Å². The molecule has 246 valence electrons. The molecule has 46 heavy (non-hydrogen) atoms. The van der Waals surface area contributed by atoms with Gasteiger partial charge in [-0.05, 0) is 87.9 Å². The first-order chi connectivity index (χ1) is 21.8. The number of nitrogens with zero attached hydrogens (tertiary/aromatic N) is 3. The molecule has 3 N–H and O–H groups in total. The van der Waals surface area contributed by atoms with Crippen molar-refractivity contribution in [3.05, 3.63) is 94.5 Å². The summed E-state index contributed by atoms with van der Waals surface area (Å²) in [4.78, 5) is 19.1. The number of piperidine rings is 1. The third-order valence-electron chi connectivity index (χ3n) is 7.73. The number of aliphatic carboxylic acids is 1. The summed E-state index contributed by atoms with van der Waals surface area (Å²) in [6, 6.07) is 23.8. The van der Waals surface area contributed by atoms with Gasteiger partial charge in [0.2, 0.25) is 5.82 Å². The molecule has 9 heteroatoms. The van der Waals surface area contributed by atoms with Crippen LogP contribution in [0, 0.1) is 11.3 Å². The summed E-state index contributed by atoms with van der Waals surface area (Å²) < 4.78 is 11.4. The topological polar surface area (TPSA) is 115 Å². The fraction of sp³-hybridized carbons (Fsp3) is 0.432. The Morgan fingerprint density at radius 3 is 2.24 bits per heavy atom. The zero-order valence-corrected chi connectivity index (χ0v) is 28.4. The smallest absolute Gasteiger partial charge is 0.312 e. The number of carboxylic acids is 1. The minimum Gasteiger partial charge on any atom is -0.481 e. The molecule has 5 rings (SSSR count). The van der Waals surface area contributed by atoms with Gasteiger partial charge in [-0.25, -0.2) is 0 Å². The summed E-state index contributed by atoms with van der Waals surface area (Å²) >= 11 is 6.49. The maximum atomic E-state index is 12.2. The Bertz CT molecular complexity index is 1530. The van der Waals surface area contributed by atoms with Crippen molar-refractivity contribution in [1.29, 1.82) is 0 Å². The van der Waals surface area contributed by atoms with E-state index in [0.717, 1.165) is 40.8 Å². The van der Waals surface area contributed by atoms with Gasteiger partial charge in [-0.3, -0.25) is 9.69 Å². The van der Waals surface area contributed by atoms with Gasteiger partial charge in [0.1, 0.15) is 0 Å². The lowest BCUT2D eigenvalue weighted by Gasteiger charge is -2.38. The predicted octanol–water partition coefficient (Wildman–Crippen LogP) is 7.88. The lowest BCUT2D eigenvalue weighted by Crippen LogP contribution is -2.46. The molecule has 0 bridgehead atoms. The molecule has 0 spiro atoms. The number of carboxylic acid groups (broad SMARTS) is 1. The first kappa shape index (κ1) is 35.3. The van der Waals surface area contributed by atoms with E-state index in [2.05, 4.69) is 41.0 Å². The number of hydrogen-bond acceptors (Lipinski definition) is 7. The Balaban J connectivity index is 0.000000892. The highest BCUT2D eigenvalue weighted by Crippen LogP contribution is 2.34. The Morgan fingerprint density at radius 1 is 1.02 bits per heavy atom. The van der Waals surface area contributed by atoms with E-state index >= 15 is 0 Å². The molecule has 3 aromatic carbocycles. The van der Waals surface area contributed by atoms with Crippen molar-refractivity contribution in [3.63, 3.8) is 0 Å². The molecule has 0 saturated carbocycles. The van der Waals surface area contributed by atoms with E-state index in [4.69, 9.17) is 26.6 Å². The number of halogens is 1. The van der Waals surface area contributed by atoms with Crippen LogP contribution in [-0.4, -0.2) is 51.4 Å². The Kier molecular flexibility index (Phi) is 12.1. The van der Waals surface area contributed by atoms with E-state index in [9.17, 15) is 9.90 Å². The van der Waals surface area contributed by atoms with Crippen LogP contribution in [0.3, 0.4) is 0 Å². The van der Waals surface area contributed by atoms with Gasteiger partial charge >= 0.3 is 5.97 Å². The normalized spacial score (nSPS) is 15.0. The molecule has 1 saturated heterocycles. The standard InChI is InChI=1S/C33H36ClN3O4.C4H11N/c1-23(2)18-27-12-13-28(19-29(27)34)31-35-30(36-41-31)26-10-8-24(9-11-26)20-37-16-14-33(15-17-37,32(38)39)22-40-21-25-6-4-3-5-7-25;1-4(2,3)5/h3-13,19,23H,14-18,20-22H2,1-2H3,(H,38,39);5H2,1-3H3. The Morgan fingerprint density at radius 2 is 1.65 bits per heavy atom. The van der Waals surface area contributed by atoms with Gasteiger partial charge in [0.15, 0.2) is 0 Å². The minimum atomic E-state index is -0.843. The van der Waals surface area contributed by atoms with E-state index in [0.29, 0.717) is 55.2 Å². The number of hydrogen-bond donors (Lipinski definition) is 2. The zero-order valence-electron chi connectivity index (χ0n) is 27.6. The maximum Gasteiger partial charge on any atom is 0.312 e. The summed E-state index contributed by atoms with van der Waals surface area (Å²) in [7, 11) is 0. The average Bonchev–Trinajstić information content (AvgIpc) is 3.49. The van der Waals surface area contributed by atoms with Gasteiger partial charge < -0.3 is 20.1 Å². The van der Waals surface area contributed by atoms with Gasteiger partial charge in [-0.1, -0.05) is 91.3 Å². The second kappa shape index (κ2) is 15.8. The third-order valence-corrected chi connectivity index (χ3v) is 8.08. The molecule has 0 unspecified atom stereocenters. The van der Waals surface area contributed by atoms with E-state index < -0.39 is 11.4 Å². The molecule has 4 aromatic rings. The van der Waals surface area contributed by atoms with Gasteiger partial charge in [0.25, 0.3) is 5.89 Å². The Hall–Kier alpha value is -3.56. The van der Waals surface area contributed by atoms with Crippen molar-refractivity contribution in [2.75, 3.05) is 19.7 Å². The number of rotatable bonds is 11. The van der Waals surface area contributed by atoms with Crippen LogP contribution in [0.25, 0.3) is 22.8 Å². The van der Waals surface area contributed by atoms with Gasteiger partial charge in [-0.2, -0.15) is 4.98 Å². The van der Waals surface area contributed by atoms with Crippen molar-refractivity contribution in [2.24, 2.45) is 17.1 Å². The molecule has 0 aliphatic carbocycles. The maximum absolute atomic E-state index is 12.2. The lowest BCUT2D eigenvalue weighted by atomic mass is 9.79. The number of likely N-dealkylation sites (tertiary alicyclic amines) is 1. The molecular formula is C37H47ClN4O4. The molecule has 8 nitrogen and oxygen atoms in total. The van der Waals surface area contributed by atoms with E-state index in [1.165, 1.54) is 0 Å². The number of nitrogens with two attached hydrogens (primary N) is 1. The van der Waals surface area contributed by atoms with Crippen molar-refractivity contribution < 1.29 is 19.2 Å². The second-order valence-electron chi connectivity index (χ2n) is 13.7. The fourth-order valence-corrected chi connectivity index (χ4v) is 5.52. The predicted molar refractivity (Wildman–Crippen MR) is 183 cm³/mol. The number of aromatic nitrogens is 2. The minimum absolute atomic E-state index is 0. The van der Waals surface area contributed by atoms with Crippen LogP contribution in [0.5, 0.6) is 0 Å². The summed E-state index contributed by atoms with van der Waals surface area (Å²) in [6.45, 7) is 13.0. The summed E-state index contributed by atoms with van der Waals surface area (Å²) in [5.41, 5.74) is 9.48. The van der Waals surface area contributed by atoms with Crippen molar-refractivity contribution in [3.8, 4) is 22.8 Å². The third kappa shape index (κ3) is 10.5. The summed E-state index contributed by atoms with van der Waals surface area (Å²) in [5.74, 6) is 0.704. The lowest BCUT2D eigenvalue weighted by molar-refractivity contribution is -0.157. The average molecular weight is 647 g/mol. The van der Waals surface area contributed by atoms with Crippen molar-refractivity contribution in [1.82, 2.24) is 15.0 Å². The van der Waals surface area contributed by atoms with Crippen molar-refractivity contribution >= 4 is 17.6 Å². The quantitative estimate of drug-likeness (QED) is 0.169. The first-order valence-electron chi connectivity index (χ1n) is 15.9. The van der Waals surface area contributed by atoms with Crippen LogP contribution in [0.15, 0.2) is 77.3 Å². The van der Waals surface area contributed by atoms with Crippen LogP contribution in [0.1, 0.15) is 64.2 Å². The molecule has 1 aliphatic heterocycles. The largest absolute Gasteiger partial charge is 0.481 e. The molecule has 2 heterocycles. The molecule has 1 fully saturated rings. The van der Waals surface area contributed by atoms with Crippen LogP contribution >= 0.6 is 11.6 Å². The van der Waals surface area contributed by atoms with Crippen LogP contribution in [-0.2, 0) is 29.1 Å². The number of ether oxygens (including phenoxy) is 1. The molecular weight excluding hydrogens is 600 g/mol. The van der Waals surface area contributed by atoms with E-state index in [1.54, 1.807) is 0 Å². The van der Waals surface area contributed by atoms with E-state index in [-0.39, 0.29) is 12.1 Å². The monoisotopic (exact) mass is 646 g/mol. The Labute approximate surface area is 277 Å². The molecule has 0 atom stereocenters. The second-order valence-corrected chi connectivity index (χ2v) is 14.1. The highest BCUT2D eigenvalue weighted by molar-refractivity contribution is 6.31. The zero-order chi connectivity index (χ0) is 33.3. The van der Waals surface area contributed by atoms with Gasteiger partial charge in [-0.15, -0.1) is 0 Å². The van der Waals surface area contributed by atoms with Crippen molar-refractivity contribution in [2.45, 2.75) is 72.6 Å². The number of carbonyl (C=O) groups is 1. The molecule has 1 aromatic heterocycles. The first-order valence-corrected chi connectivity index (χ1v) is 16.3. The summed E-state index contributed by atoms with van der Waals surface area (Å²) in [5, 5.41) is 14.9. The fourth-order valence-electron chi connectivity index (χ4n) is 5.26. The van der Waals surface area contributed by atoms with Gasteiger partial charge in [0.05, 0.1) is 18.6 Å².